The van der Waals surface area contributed by atoms with Gasteiger partial charge in [0, 0.05) is 5.56 Å². The fraction of sp³-hybridized carbons (Fsp3) is 0.174. The van der Waals surface area contributed by atoms with Crippen molar-refractivity contribution < 1.29 is 38.1 Å². The molecular formula is C23H14Cl2F6N6O3S. The molecule has 9 nitrogen and oxygen atoms in total. The lowest BCUT2D eigenvalue weighted by molar-refractivity contribution is -0.120. The van der Waals surface area contributed by atoms with Gasteiger partial charge in [-0.3, -0.25) is 10.1 Å². The lowest BCUT2D eigenvalue weighted by Crippen LogP contribution is -2.30. The van der Waals surface area contributed by atoms with Crippen LogP contribution >= 0.6 is 33.4 Å². The molecule has 0 radical (unpaired) electrons. The highest BCUT2D eigenvalue weighted by Crippen LogP contribution is 3.02. The second kappa shape index (κ2) is 9.20. The first kappa shape index (κ1) is 29.9. The smallest absolute Gasteiger partial charge is 0.413 e. The number of primary amides is 1. The van der Waals surface area contributed by atoms with Gasteiger partial charge < -0.3 is 10.5 Å². The fourth-order valence-corrected chi connectivity index (χ4v) is 5.42. The van der Waals surface area contributed by atoms with E-state index in [1.807, 2.05) is 0 Å². The van der Waals surface area contributed by atoms with Crippen LogP contribution in [0.5, 0.6) is 0 Å². The third-order valence-corrected chi connectivity index (χ3v) is 7.79. The van der Waals surface area contributed by atoms with Crippen molar-refractivity contribution in [1.82, 2.24) is 9.78 Å². The number of ether oxygens (including phenoxy) is 1. The van der Waals surface area contributed by atoms with E-state index in [-0.39, 0.29) is 41.7 Å². The molecular weight excluding hydrogens is 625 g/mol. The van der Waals surface area contributed by atoms with Crippen LogP contribution in [0.2, 0.25) is 10.0 Å². The minimum absolute atomic E-state index is 0.0970. The SMILES string of the molecule is N#Cc1ccc(COC(=O)Nc2c(C3(C(N)=O)CC3)c(C#N)nn2-c2c(Cl)cc(S(F)(F)(F)(F)F)cc2Cl)cc1F. The van der Waals surface area contributed by atoms with Crippen LogP contribution in [-0.4, -0.2) is 21.8 Å². The number of hydrogen-bond acceptors (Lipinski definition) is 6. The Labute approximate surface area is 236 Å². The Kier molecular flexibility index (Phi) is 6.70. The minimum atomic E-state index is -10.2. The summed E-state index contributed by atoms with van der Waals surface area (Å²) in [6.45, 7) is -0.538. The van der Waals surface area contributed by atoms with Gasteiger partial charge in [0.1, 0.15) is 41.0 Å². The summed E-state index contributed by atoms with van der Waals surface area (Å²) in [4.78, 5) is 22.7. The molecule has 0 saturated heterocycles. The Balaban J connectivity index is 1.81. The Hall–Kier alpha value is -4.12. The summed E-state index contributed by atoms with van der Waals surface area (Å²) in [5.41, 5.74) is 2.47. The van der Waals surface area contributed by atoms with Crippen molar-refractivity contribution in [2.45, 2.75) is 29.8 Å². The van der Waals surface area contributed by atoms with Gasteiger partial charge in [0.15, 0.2) is 5.69 Å². The van der Waals surface area contributed by atoms with Gasteiger partial charge in [-0.05, 0) is 42.7 Å². The summed E-state index contributed by atoms with van der Waals surface area (Å²) in [7, 11) is -10.2. The molecule has 1 aromatic heterocycles. The van der Waals surface area contributed by atoms with E-state index >= 15 is 0 Å². The zero-order valence-corrected chi connectivity index (χ0v) is 22.4. The molecule has 1 fully saturated rings. The Morgan fingerprint density at radius 2 is 1.71 bits per heavy atom. The molecule has 0 atom stereocenters. The Morgan fingerprint density at radius 1 is 1.10 bits per heavy atom. The number of nitriles is 2. The van der Waals surface area contributed by atoms with Gasteiger partial charge >= 0.3 is 16.3 Å². The fourth-order valence-electron chi connectivity index (χ4n) is 3.96. The van der Waals surface area contributed by atoms with Crippen molar-refractivity contribution in [2.24, 2.45) is 5.73 Å². The number of halogens is 8. The number of nitrogens with one attached hydrogen (secondary N) is 1. The molecule has 2 amide bonds. The van der Waals surface area contributed by atoms with E-state index in [0.29, 0.717) is 4.68 Å². The molecule has 0 unspecified atom stereocenters. The molecule has 0 bridgehead atoms. The molecule has 0 spiro atoms. The predicted octanol–water partition coefficient (Wildman–Crippen LogP) is 6.98. The topological polar surface area (TPSA) is 147 Å². The van der Waals surface area contributed by atoms with Crippen molar-refractivity contribution in [1.29, 1.82) is 10.5 Å². The van der Waals surface area contributed by atoms with Crippen LogP contribution in [0.1, 0.15) is 35.2 Å². The first-order valence-electron chi connectivity index (χ1n) is 11.0. The number of aromatic nitrogens is 2. The zero-order chi connectivity index (χ0) is 30.6. The highest BCUT2D eigenvalue weighted by molar-refractivity contribution is 8.45. The van der Waals surface area contributed by atoms with E-state index < -0.39 is 72.2 Å². The maximum absolute atomic E-state index is 13.9. The predicted molar refractivity (Wildman–Crippen MR) is 135 cm³/mol. The first-order valence-corrected chi connectivity index (χ1v) is 13.7. The molecule has 1 saturated carbocycles. The monoisotopic (exact) mass is 638 g/mol. The van der Waals surface area contributed by atoms with E-state index in [9.17, 15) is 38.7 Å². The standard InChI is InChI=1S/C23H14Cl2F6N6O3S/c24-14-6-13(41(27,28,29,30)31)7-15(25)19(14)37-20(18(17(9-33)36-37)23(3-4-23)21(34)38)35-22(39)40-10-11-1-2-12(8-32)16(26)5-11/h1-2,5-7H,3-4,10H2,(H2,34,38)(H,35,39). The number of carbonyl (C=O) groups excluding carboxylic acids is 2. The number of hydrogen-bond donors (Lipinski definition) is 2. The van der Waals surface area contributed by atoms with Crippen LogP contribution in [0.15, 0.2) is 35.2 Å². The van der Waals surface area contributed by atoms with Crippen molar-refractivity contribution in [2.75, 3.05) is 5.32 Å². The normalized spacial score (nSPS) is 15.6. The average molecular weight is 639 g/mol. The molecule has 4 rings (SSSR count). The van der Waals surface area contributed by atoms with Crippen molar-refractivity contribution >= 4 is 51.2 Å². The first-order chi connectivity index (χ1) is 18.8. The van der Waals surface area contributed by atoms with Gasteiger partial charge in [0.05, 0.1) is 21.0 Å². The number of benzene rings is 2. The highest BCUT2D eigenvalue weighted by atomic mass is 35.5. The molecule has 41 heavy (non-hydrogen) atoms. The van der Waals surface area contributed by atoms with Crippen molar-refractivity contribution in [3.05, 3.63) is 68.6 Å². The maximum atomic E-state index is 13.9. The van der Waals surface area contributed by atoms with Gasteiger partial charge in [-0.1, -0.05) is 48.7 Å². The molecule has 1 heterocycles. The van der Waals surface area contributed by atoms with Crippen molar-refractivity contribution in [3.8, 4) is 17.8 Å². The summed E-state index contributed by atoms with van der Waals surface area (Å²) < 4.78 is 86.6. The van der Waals surface area contributed by atoms with Crippen LogP contribution < -0.4 is 11.1 Å². The number of nitrogens with two attached hydrogens (primary N) is 1. The molecule has 18 heteroatoms. The van der Waals surface area contributed by atoms with E-state index in [1.54, 1.807) is 12.1 Å². The van der Waals surface area contributed by atoms with Crippen LogP contribution in [0, 0.1) is 28.5 Å². The molecule has 1 aliphatic carbocycles. The zero-order valence-electron chi connectivity index (χ0n) is 20.0. The second-order valence-corrected chi connectivity index (χ2v) is 12.1. The van der Waals surface area contributed by atoms with E-state index in [0.717, 1.165) is 12.1 Å². The second-order valence-electron chi connectivity index (χ2n) is 8.87. The van der Waals surface area contributed by atoms with Crippen LogP contribution in [-0.2, 0) is 21.6 Å². The van der Waals surface area contributed by atoms with Crippen LogP contribution in [0.25, 0.3) is 5.69 Å². The van der Waals surface area contributed by atoms with E-state index in [2.05, 4.69) is 10.4 Å². The molecule has 1 aliphatic rings. The average Bonchev–Trinajstić information content (AvgIpc) is 3.58. The maximum Gasteiger partial charge on any atom is 0.413 e. The molecule has 3 aromatic rings. The van der Waals surface area contributed by atoms with E-state index in [1.165, 1.54) is 6.07 Å². The third kappa shape index (κ3) is 5.72. The van der Waals surface area contributed by atoms with Crippen molar-refractivity contribution in [3.63, 3.8) is 0 Å². The Bertz CT molecular complexity index is 1710. The van der Waals surface area contributed by atoms with Crippen LogP contribution in [0.4, 0.5) is 34.4 Å². The van der Waals surface area contributed by atoms with E-state index in [4.69, 9.17) is 38.9 Å². The number of carbonyl (C=O) groups is 2. The summed E-state index contributed by atoms with van der Waals surface area (Å²) in [6, 6.07) is 6.47. The minimum Gasteiger partial charge on any atom is -0.444 e. The molecule has 3 N–H and O–H groups in total. The third-order valence-electron chi connectivity index (χ3n) is 6.08. The number of nitrogens with zero attached hydrogens (tertiary/aromatic N) is 4. The number of rotatable bonds is 7. The number of amides is 2. The molecule has 2 aromatic carbocycles. The van der Waals surface area contributed by atoms with Gasteiger partial charge in [-0.15, -0.1) is 0 Å². The lowest BCUT2D eigenvalue weighted by Gasteiger charge is -2.40. The van der Waals surface area contributed by atoms with Gasteiger partial charge in [0.25, 0.3) is 0 Å². The summed E-state index contributed by atoms with van der Waals surface area (Å²) in [5, 5.41) is 22.7. The Morgan fingerprint density at radius 3 is 2.17 bits per heavy atom. The molecule has 0 aliphatic heterocycles. The van der Waals surface area contributed by atoms with Gasteiger partial charge in [-0.2, -0.15) is 15.6 Å². The summed E-state index contributed by atoms with van der Waals surface area (Å²) in [6.07, 6.45) is -1.08. The summed E-state index contributed by atoms with van der Waals surface area (Å²) in [5.74, 6) is -2.33. The number of anilines is 1. The summed E-state index contributed by atoms with van der Waals surface area (Å²) >= 11 is 11.9. The highest BCUT2D eigenvalue weighted by Gasteiger charge is 2.65. The quantitative estimate of drug-likeness (QED) is 0.267. The largest absolute Gasteiger partial charge is 0.444 e. The molecule has 216 valence electrons. The van der Waals surface area contributed by atoms with Gasteiger partial charge in [-0.25, -0.2) is 13.9 Å². The lowest BCUT2D eigenvalue weighted by atomic mass is 9.94. The van der Waals surface area contributed by atoms with Crippen LogP contribution in [0.3, 0.4) is 0 Å². The van der Waals surface area contributed by atoms with Gasteiger partial charge in [0.2, 0.25) is 5.91 Å².